The molecule has 0 heterocycles. The molecule has 2 atom stereocenters. The van der Waals surface area contributed by atoms with Gasteiger partial charge in [0.15, 0.2) is 27.6 Å². The van der Waals surface area contributed by atoms with Gasteiger partial charge in [0.05, 0.1) is 0 Å². The molecule has 152 valence electrons. The quantitative estimate of drug-likeness (QED) is 0.245. The number of hydrogen-bond donors (Lipinski definition) is 3. The van der Waals surface area contributed by atoms with Crippen molar-refractivity contribution >= 4 is 60.5 Å². The molecule has 0 aliphatic rings. The van der Waals surface area contributed by atoms with E-state index in [1.807, 2.05) is 6.92 Å². The van der Waals surface area contributed by atoms with Crippen molar-refractivity contribution in [3.63, 3.8) is 0 Å². The lowest BCUT2D eigenvalue weighted by molar-refractivity contribution is 0.214. The molecule has 7 nitrogen and oxygen atoms in total. The number of carbonyl (C=O) groups is 1. The number of nitrogens with one attached hydrogen (secondary N) is 1. The first-order valence-corrected chi connectivity index (χ1v) is 23.1. The number of hydrogen-bond acceptors (Lipinski definition) is 6. The van der Waals surface area contributed by atoms with Gasteiger partial charge in [0.25, 0.3) is 8.48 Å². The Morgan fingerprint density at radius 2 is 1.80 bits per heavy atom. The largest absolute Gasteiger partial charge is 0.484 e. The molecule has 0 aliphatic carbocycles. The van der Waals surface area contributed by atoms with E-state index in [1.54, 1.807) is 6.55 Å². The standard InChI is InChI=1S/C10H30N2O4Si4.C2H10OSi2/c1-5-9-20(4,12-8-7-11)16-18-17-15-19(3,6-2)10(13)14;1-5(2)3-4/h12H,5-9,11,17-18H2,1-4H3,(H,13,14);5H,1-2,4H3. The summed E-state index contributed by atoms with van der Waals surface area (Å²) >= 11 is 0. The highest BCUT2D eigenvalue weighted by Gasteiger charge is 2.36. The van der Waals surface area contributed by atoms with Crippen LogP contribution in [0.15, 0.2) is 0 Å². The van der Waals surface area contributed by atoms with Crippen LogP contribution in [-0.4, -0.2) is 78.7 Å². The summed E-state index contributed by atoms with van der Waals surface area (Å²) in [6.07, 6.45) is 1.09. The molecule has 0 fully saturated rings. The first kappa shape index (κ1) is 27.8. The van der Waals surface area contributed by atoms with Crippen molar-refractivity contribution in [2.45, 2.75) is 58.5 Å². The van der Waals surface area contributed by atoms with E-state index >= 15 is 0 Å². The third kappa shape index (κ3) is 14.3. The normalized spacial score (nSPS) is 17.0. The Bertz CT molecular complexity index is 358. The van der Waals surface area contributed by atoms with Gasteiger partial charge in [-0.05, 0) is 38.3 Å². The highest BCUT2D eigenvalue weighted by atomic mass is 29.2. The fourth-order valence-electron chi connectivity index (χ4n) is 1.87. The Hall–Kier alpha value is 0.571. The zero-order valence-electron chi connectivity index (χ0n) is 17.2. The third-order valence-corrected chi connectivity index (χ3v) is 23.4. The smallest absolute Gasteiger partial charge is 0.304 e. The van der Waals surface area contributed by atoms with Gasteiger partial charge in [0, 0.05) is 13.1 Å². The van der Waals surface area contributed by atoms with Crippen LogP contribution in [0.25, 0.3) is 0 Å². The van der Waals surface area contributed by atoms with Crippen LogP contribution in [0, 0.1) is 0 Å². The second-order valence-electron chi connectivity index (χ2n) is 6.57. The molecule has 0 aromatic heterocycles. The van der Waals surface area contributed by atoms with Gasteiger partial charge in [-0.1, -0.05) is 20.3 Å². The molecule has 0 radical (unpaired) electrons. The monoisotopic (exact) mass is 460 g/mol. The Morgan fingerprint density at radius 1 is 1.28 bits per heavy atom. The molecule has 0 bridgehead atoms. The SMILES string of the molecule is CCC[Si](C)(NCCN)O[SiH2][SiH2]O[Si](C)(CC)C(=O)O.C[SiH](C)O[SiH3]. The molecule has 0 aromatic rings. The Balaban J connectivity index is 0. The summed E-state index contributed by atoms with van der Waals surface area (Å²) in [5.74, 6) is 0. The van der Waals surface area contributed by atoms with E-state index in [0.29, 0.717) is 12.6 Å². The molecular formula is C12H40N2O5Si6. The lowest BCUT2D eigenvalue weighted by Gasteiger charge is -2.29. The second kappa shape index (κ2) is 15.6. The molecule has 0 aromatic carbocycles. The Labute approximate surface area is 165 Å². The Kier molecular flexibility index (Phi) is 17.4. The van der Waals surface area contributed by atoms with Crippen molar-refractivity contribution in [2.24, 2.45) is 5.73 Å². The minimum Gasteiger partial charge on any atom is -0.484 e. The fourth-order valence-corrected chi connectivity index (χ4v) is 20.2. The molecule has 0 saturated carbocycles. The van der Waals surface area contributed by atoms with Crippen molar-refractivity contribution in [1.29, 1.82) is 0 Å². The van der Waals surface area contributed by atoms with E-state index in [9.17, 15) is 9.90 Å². The second-order valence-corrected chi connectivity index (χ2v) is 23.0. The maximum atomic E-state index is 11.2. The molecule has 0 amide bonds. The van der Waals surface area contributed by atoms with Crippen LogP contribution in [0.3, 0.4) is 0 Å². The van der Waals surface area contributed by atoms with Crippen LogP contribution in [0.2, 0.25) is 38.3 Å². The summed E-state index contributed by atoms with van der Waals surface area (Å²) in [6.45, 7) is 13.8. The zero-order valence-corrected chi connectivity index (χ0v) is 25.2. The first-order valence-electron chi connectivity index (χ1n) is 9.10. The molecule has 0 spiro atoms. The summed E-state index contributed by atoms with van der Waals surface area (Å²) in [7, 11) is -5.56. The first-order chi connectivity index (χ1) is 11.6. The van der Waals surface area contributed by atoms with Crippen LogP contribution in [-0.2, 0) is 12.3 Å². The van der Waals surface area contributed by atoms with Gasteiger partial charge in [0.1, 0.15) is 10.5 Å². The van der Waals surface area contributed by atoms with Crippen molar-refractivity contribution in [3.8, 4) is 0 Å². The van der Waals surface area contributed by atoms with E-state index in [4.69, 9.17) is 18.1 Å². The summed E-state index contributed by atoms with van der Waals surface area (Å²) in [6, 6.07) is 1.69. The van der Waals surface area contributed by atoms with Crippen LogP contribution >= 0.6 is 0 Å². The van der Waals surface area contributed by atoms with Gasteiger partial charge >= 0.3 is 13.9 Å². The molecule has 0 saturated heterocycles. The van der Waals surface area contributed by atoms with E-state index < -0.39 is 50.0 Å². The van der Waals surface area contributed by atoms with Gasteiger partial charge < -0.3 is 28.2 Å². The van der Waals surface area contributed by atoms with Crippen LogP contribution in [0.4, 0.5) is 4.79 Å². The van der Waals surface area contributed by atoms with Gasteiger partial charge in [-0.3, -0.25) is 4.79 Å². The molecule has 0 rings (SSSR count). The van der Waals surface area contributed by atoms with E-state index in [1.165, 1.54) is 0 Å². The van der Waals surface area contributed by atoms with Crippen LogP contribution in [0.1, 0.15) is 20.3 Å². The zero-order chi connectivity index (χ0) is 19.9. The lowest BCUT2D eigenvalue weighted by Crippen LogP contribution is -2.54. The summed E-state index contributed by atoms with van der Waals surface area (Å²) < 4.78 is 17.0. The van der Waals surface area contributed by atoms with Gasteiger partial charge in [-0.25, -0.2) is 0 Å². The minimum atomic E-state index is -2.53. The summed E-state index contributed by atoms with van der Waals surface area (Å²) in [4.78, 5) is 14.7. The van der Waals surface area contributed by atoms with Crippen molar-refractivity contribution < 1.29 is 22.2 Å². The molecule has 13 heteroatoms. The number of carboxylic acid groups (broad SMARTS) is 1. The topological polar surface area (TPSA) is 103 Å². The Morgan fingerprint density at radius 3 is 2.16 bits per heavy atom. The molecule has 2 unspecified atom stereocenters. The van der Waals surface area contributed by atoms with Gasteiger partial charge in [0.2, 0.25) is 0 Å². The predicted octanol–water partition coefficient (Wildman–Crippen LogP) is -0.746. The molecular weight excluding hydrogens is 421 g/mol. The molecule has 25 heavy (non-hydrogen) atoms. The van der Waals surface area contributed by atoms with E-state index in [0.717, 1.165) is 29.5 Å². The minimum absolute atomic E-state index is 0.588. The third-order valence-electron chi connectivity index (χ3n) is 3.89. The number of rotatable bonds is 13. The molecule has 0 aliphatic heterocycles. The summed E-state index contributed by atoms with van der Waals surface area (Å²) in [5, 5.41) is 9.21. The van der Waals surface area contributed by atoms with Gasteiger partial charge in [-0.2, -0.15) is 0 Å². The number of nitrogens with two attached hydrogens (primary N) is 1. The van der Waals surface area contributed by atoms with Crippen molar-refractivity contribution in [1.82, 2.24) is 4.98 Å². The lowest BCUT2D eigenvalue weighted by atomic mass is 10.6. The average Bonchev–Trinajstić information content (AvgIpc) is 2.57. The van der Waals surface area contributed by atoms with Crippen molar-refractivity contribution in [3.05, 3.63) is 0 Å². The molecule has 4 N–H and O–H groups in total. The predicted molar refractivity (Wildman–Crippen MR) is 123 cm³/mol. The van der Waals surface area contributed by atoms with Crippen LogP contribution < -0.4 is 10.7 Å². The fraction of sp³-hybridized carbons (Fsp3) is 0.917. The highest BCUT2D eigenvalue weighted by Crippen LogP contribution is 2.12. The van der Waals surface area contributed by atoms with Crippen LogP contribution in [0.5, 0.6) is 0 Å². The maximum Gasteiger partial charge on any atom is 0.304 e. The van der Waals surface area contributed by atoms with E-state index in [2.05, 4.69) is 31.5 Å². The maximum absolute atomic E-state index is 11.2. The highest BCUT2D eigenvalue weighted by molar-refractivity contribution is 7.07. The summed E-state index contributed by atoms with van der Waals surface area (Å²) in [5.41, 5.74) is 4.80. The van der Waals surface area contributed by atoms with Crippen molar-refractivity contribution in [2.75, 3.05) is 13.1 Å². The average molecular weight is 461 g/mol. The van der Waals surface area contributed by atoms with E-state index in [-0.39, 0.29) is 0 Å². The van der Waals surface area contributed by atoms with Gasteiger partial charge in [-0.15, -0.1) is 0 Å².